The summed E-state index contributed by atoms with van der Waals surface area (Å²) >= 11 is 0. The standard InChI is InChI=1S/C22H24N6O2/c1-15-19(21-26-25-20(30-21)16-6-3-2-4-7-16)24-18(14-23-15)27-10-12-28(13-11-27)22(29)17-8-5-9-17/h2-4,6-7,14,17H,5,8-13H2,1H3. The molecule has 1 aliphatic carbocycles. The highest BCUT2D eigenvalue weighted by atomic mass is 16.4. The van der Waals surface area contributed by atoms with Crippen molar-refractivity contribution in [3.63, 3.8) is 0 Å². The Balaban J connectivity index is 1.32. The van der Waals surface area contributed by atoms with E-state index in [1.165, 1.54) is 6.42 Å². The number of nitrogens with zero attached hydrogens (tertiary/aromatic N) is 6. The lowest BCUT2D eigenvalue weighted by molar-refractivity contribution is -0.138. The van der Waals surface area contributed by atoms with Crippen molar-refractivity contribution < 1.29 is 9.21 Å². The maximum Gasteiger partial charge on any atom is 0.268 e. The second kappa shape index (κ2) is 7.85. The fourth-order valence-electron chi connectivity index (χ4n) is 3.88. The second-order valence-electron chi connectivity index (χ2n) is 7.88. The third kappa shape index (κ3) is 3.53. The first kappa shape index (κ1) is 18.7. The number of hydrogen-bond acceptors (Lipinski definition) is 7. The van der Waals surface area contributed by atoms with E-state index in [1.54, 1.807) is 6.20 Å². The molecule has 0 N–H and O–H groups in total. The Kier molecular flexibility index (Phi) is 4.90. The number of carbonyl (C=O) groups excluding carboxylic acids is 1. The van der Waals surface area contributed by atoms with Crippen LogP contribution in [0.2, 0.25) is 0 Å². The van der Waals surface area contributed by atoms with E-state index in [0.717, 1.165) is 56.1 Å². The Morgan fingerprint density at radius 2 is 1.77 bits per heavy atom. The number of carbonyl (C=O) groups is 1. The number of rotatable bonds is 4. The number of piperazine rings is 1. The largest absolute Gasteiger partial charge is 0.415 e. The Bertz CT molecular complexity index is 1040. The Morgan fingerprint density at radius 3 is 2.47 bits per heavy atom. The number of amides is 1. The van der Waals surface area contributed by atoms with Gasteiger partial charge in [-0.3, -0.25) is 9.78 Å². The smallest absolute Gasteiger partial charge is 0.268 e. The molecular weight excluding hydrogens is 380 g/mol. The van der Waals surface area contributed by atoms with E-state index < -0.39 is 0 Å². The fraction of sp³-hybridized carbons (Fsp3) is 0.409. The number of hydrogen-bond donors (Lipinski definition) is 0. The van der Waals surface area contributed by atoms with Crippen LogP contribution < -0.4 is 4.90 Å². The molecule has 30 heavy (non-hydrogen) atoms. The second-order valence-corrected chi connectivity index (χ2v) is 7.88. The summed E-state index contributed by atoms with van der Waals surface area (Å²) in [5.74, 6) is 2.15. The van der Waals surface area contributed by atoms with Crippen LogP contribution in [-0.4, -0.2) is 57.2 Å². The van der Waals surface area contributed by atoms with Gasteiger partial charge in [-0.25, -0.2) is 4.98 Å². The van der Waals surface area contributed by atoms with E-state index in [2.05, 4.69) is 20.1 Å². The fourth-order valence-corrected chi connectivity index (χ4v) is 3.88. The van der Waals surface area contributed by atoms with E-state index in [9.17, 15) is 4.79 Å². The maximum absolute atomic E-state index is 12.5. The van der Waals surface area contributed by atoms with Crippen molar-refractivity contribution in [2.45, 2.75) is 26.2 Å². The molecule has 0 radical (unpaired) electrons. The summed E-state index contributed by atoms with van der Waals surface area (Å²) in [6, 6.07) is 9.66. The van der Waals surface area contributed by atoms with Gasteiger partial charge in [0.05, 0.1) is 11.9 Å². The molecule has 3 aromatic rings. The summed E-state index contributed by atoms with van der Waals surface area (Å²) in [6.07, 6.45) is 5.04. The molecule has 5 rings (SSSR count). The van der Waals surface area contributed by atoms with Gasteiger partial charge in [-0.05, 0) is 31.9 Å². The van der Waals surface area contributed by atoms with Crippen molar-refractivity contribution in [2.24, 2.45) is 5.92 Å². The molecule has 8 heteroatoms. The van der Waals surface area contributed by atoms with Crippen LogP contribution in [0.3, 0.4) is 0 Å². The van der Waals surface area contributed by atoms with Crippen LogP contribution in [0, 0.1) is 12.8 Å². The van der Waals surface area contributed by atoms with Crippen LogP contribution in [0.15, 0.2) is 40.9 Å². The molecule has 1 amide bonds. The van der Waals surface area contributed by atoms with Crippen molar-refractivity contribution in [1.82, 2.24) is 25.1 Å². The van der Waals surface area contributed by atoms with Gasteiger partial charge in [0.2, 0.25) is 11.8 Å². The molecule has 1 aromatic carbocycles. The monoisotopic (exact) mass is 404 g/mol. The molecular formula is C22H24N6O2. The quantitative estimate of drug-likeness (QED) is 0.660. The number of anilines is 1. The highest BCUT2D eigenvalue weighted by molar-refractivity contribution is 5.79. The number of aryl methyl sites for hydroxylation is 1. The van der Waals surface area contributed by atoms with E-state index in [1.807, 2.05) is 42.2 Å². The van der Waals surface area contributed by atoms with Gasteiger partial charge in [0, 0.05) is 37.7 Å². The Morgan fingerprint density at radius 1 is 1.03 bits per heavy atom. The SMILES string of the molecule is Cc1ncc(N2CCN(C(=O)C3CCC3)CC2)nc1-c1nnc(-c2ccccc2)o1. The molecule has 0 spiro atoms. The summed E-state index contributed by atoms with van der Waals surface area (Å²) in [6.45, 7) is 4.81. The van der Waals surface area contributed by atoms with Gasteiger partial charge in [0.15, 0.2) is 5.69 Å². The third-order valence-electron chi connectivity index (χ3n) is 5.96. The average molecular weight is 404 g/mol. The van der Waals surface area contributed by atoms with Gasteiger partial charge in [0.1, 0.15) is 5.82 Å². The van der Waals surface area contributed by atoms with Crippen LogP contribution in [-0.2, 0) is 4.79 Å². The van der Waals surface area contributed by atoms with Gasteiger partial charge < -0.3 is 14.2 Å². The molecule has 3 heterocycles. The molecule has 154 valence electrons. The lowest BCUT2D eigenvalue weighted by atomic mass is 9.84. The minimum atomic E-state index is 0.249. The zero-order valence-corrected chi connectivity index (χ0v) is 17.0. The molecule has 1 saturated heterocycles. The van der Waals surface area contributed by atoms with Crippen molar-refractivity contribution in [3.05, 3.63) is 42.2 Å². The predicted molar refractivity (Wildman–Crippen MR) is 112 cm³/mol. The molecule has 2 aromatic heterocycles. The lowest BCUT2D eigenvalue weighted by Gasteiger charge is -2.38. The zero-order chi connectivity index (χ0) is 20.5. The first-order chi connectivity index (χ1) is 14.7. The van der Waals surface area contributed by atoms with Crippen molar-refractivity contribution in [3.8, 4) is 23.0 Å². The van der Waals surface area contributed by atoms with Crippen LogP contribution in [0.25, 0.3) is 23.0 Å². The maximum atomic E-state index is 12.5. The Labute approximate surface area is 175 Å². The lowest BCUT2D eigenvalue weighted by Crippen LogP contribution is -2.51. The molecule has 1 aliphatic heterocycles. The Hall–Kier alpha value is -3.29. The summed E-state index contributed by atoms with van der Waals surface area (Å²) in [4.78, 5) is 25.9. The van der Waals surface area contributed by atoms with Gasteiger partial charge in [0.25, 0.3) is 5.89 Å². The van der Waals surface area contributed by atoms with Crippen molar-refractivity contribution in [1.29, 1.82) is 0 Å². The third-order valence-corrected chi connectivity index (χ3v) is 5.96. The first-order valence-electron chi connectivity index (χ1n) is 10.5. The number of benzene rings is 1. The summed E-state index contributed by atoms with van der Waals surface area (Å²) < 4.78 is 5.88. The minimum absolute atomic E-state index is 0.249. The molecule has 0 unspecified atom stereocenters. The highest BCUT2D eigenvalue weighted by Crippen LogP contribution is 2.29. The molecule has 2 fully saturated rings. The highest BCUT2D eigenvalue weighted by Gasteiger charge is 2.31. The van der Waals surface area contributed by atoms with E-state index in [-0.39, 0.29) is 5.92 Å². The van der Waals surface area contributed by atoms with Gasteiger partial charge in [-0.15, -0.1) is 10.2 Å². The molecule has 2 aliphatic rings. The molecule has 0 atom stereocenters. The van der Waals surface area contributed by atoms with Crippen LogP contribution in [0.1, 0.15) is 25.0 Å². The predicted octanol–water partition coefficient (Wildman–Crippen LogP) is 2.95. The first-order valence-corrected chi connectivity index (χ1v) is 10.5. The van der Waals surface area contributed by atoms with Crippen LogP contribution >= 0.6 is 0 Å². The van der Waals surface area contributed by atoms with E-state index in [4.69, 9.17) is 9.40 Å². The summed E-state index contributed by atoms with van der Waals surface area (Å²) in [7, 11) is 0. The minimum Gasteiger partial charge on any atom is -0.415 e. The molecule has 8 nitrogen and oxygen atoms in total. The molecule has 1 saturated carbocycles. The summed E-state index contributed by atoms with van der Waals surface area (Å²) in [5, 5.41) is 8.35. The molecule has 0 bridgehead atoms. The van der Waals surface area contributed by atoms with Gasteiger partial charge >= 0.3 is 0 Å². The van der Waals surface area contributed by atoms with Crippen molar-refractivity contribution in [2.75, 3.05) is 31.1 Å². The average Bonchev–Trinajstić information content (AvgIpc) is 3.24. The normalized spacial score (nSPS) is 17.1. The van der Waals surface area contributed by atoms with Crippen LogP contribution in [0.4, 0.5) is 5.82 Å². The summed E-state index contributed by atoms with van der Waals surface area (Å²) in [5.41, 5.74) is 2.20. The van der Waals surface area contributed by atoms with Gasteiger partial charge in [-0.1, -0.05) is 24.6 Å². The van der Waals surface area contributed by atoms with Gasteiger partial charge in [-0.2, -0.15) is 0 Å². The van der Waals surface area contributed by atoms with Crippen LogP contribution in [0.5, 0.6) is 0 Å². The zero-order valence-electron chi connectivity index (χ0n) is 17.0. The topological polar surface area (TPSA) is 88.3 Å². The van der Waals surface area contributed by atoms with E-state index in [0.29, 0.717) is 23.4 Å². The van der Waals surface area contributed by atoms with Crippen molar-refractivity contribution >= 4 is 11.7 Å². The van der Waals surface area contributed by atoms with E-state index >= 15 is 0 Å². The number of aromatic nitrogens is 4.